The molecule has 0 aliphatic carbocycles. The zero-order valence-corrected chi connectivity index (χ0v) is 7.87. The minimum atomic E-state index is -0.0816. The predicted octanol–water partition coefficient (Wildman–Crippen LogP) is 0.675. The van der Waals surface area contributed by atoms with Gasteiger partial charge >= 0.3 is 0 Å². The summed E-state index contributed by atoms with van der Waals surface area (Å²) in [6.45, 7) is 5.04. The lowest BCUT2D eigenvalue weighted by Crippen LogP contribution is -2.43. The Balaban J connectivity index is 2.33. The summed E-state index contributed by atoms with van der Waals surface area (Å²) >= 11 is 0. The molecule has 2 heterocycles. The second kappa shape index (κ2) is 2.87. The Hall–Kier alpha value is -1.32. The lowest BCUT2D eigenvalue weighted by Gasteiger charge is -2.28. The molecule has 0 saturated heterocycles. The Kier molecular flexibility index (Phi) is 1.83. The van der Waals surface area contributed by atoms with Crippen LogP contribution in [0.2, 0.25) is 0 Å². The van der Waals surface area contributed by atoms with Crippen LogP contribution in [0.25, 0.3) is 0 Å². The van der Waals surface area contributed by atoms with Gasteiger partial charge in [-0.1, -0.05) is 19.9 Å². The van der Waals surface area contributed by atoms with Crippen molar-refractivity contribution in [2.24, 2.45) is 11.0 Å². The number of hydrazone groups is 1. The first-order valence-electron chi connectivity index (χ1n) is 4.56. The van der Waals surface area contributed by atoms with Crippen molar-refractivity contribution in [3.05, 3.63) is 11.8 Å². The van der Waals surface area contributed by atoms with E-state index in [0.717, 1.165) is 24.5 Å². The summed E-state index contributed by atoms with van der Waals surface area (Å²) in [5.74, 6) is 1.23. The van der Waals surface area contributed by atoms with E-state index in [1.807, 2.05) is 11.0 Å². The van der Waals surface area contributed by atoms with E-state index < -0.39 is 0 Å². The lowest BCUT2D eigenvalue weighted by molar-refractivity contribution is -0.118. The molecule has 0 radical (unpaired) electrons. The van der Waals surface area contributed by atoms with Gasteiger partial charge in [-0.05, 0) is 6.42 Å². The van der Waals surface area contributed by atoms with Gasteiger partial charge < -0.3 is 4.90 Å². The van der Waals surface area contributed by atoms with Crippen molar-refractivity contribution >= 4 is 11.7 Å². The summed E-state index contributed by atoms with van der Waals surface area (Å²) in [6, 6.07) is 0. The molecule has 4 heteroatoms. The van der Waals surface area contributed by atoms with Crippen LogP contribution in [0.15, 0.2) is 16.9 Å². The smallest absolute Gasteiger partial charge is 0.287 e. The monoisotopic (exact) mass is 179 g/mol. The fourth-order valence-corrected chi connectivity index (χ4v) is 1.68. The number of fused-ring (bicyclic) bond motifs is 1. The Morgan fingerprint density at radius 1 is 1.62 bits per heavy atom. The second-order valence-corrected chi connectivity index (χ2v) is 3.60. The number of nitrogens with zero attached hydrogens (tertiary/aromatic N) is 2. The second-order valence-electron chi connectivity index (χ2n) is 3.60. The van der Waals surface area contributed by atoms with Crippen LogP contribution in [0, 0.1) is 5.92 Å². The van der Waals surface area contributed by atoms with Crippen molar-refractivity contribution in [2.75, 3.05) is 6.54 Å². The van der Waals surface area contributed by atoms with Crippen LogP contribution in [0.1, 0.15) is 20.3 Å². The van der Waals surface area contributed by atoms with E-state index in [1.54, 1.807) is 0 Å². The minimum absolute atomic E-state index is 0.0816. The molecule has 13 heavy (non-hydrogen) atoms. The molecule has 0 aromatic rings. The number of carbonyl (C=O) groups is 1. The number of hydrogen-bond acceptors (Lipinski definition) is 3. The van der Waals surface area contributed by atoms with Crippen LogP contribution in [0.3, 0.4) is 0 Å². The van der Waals surface area contributed by atoms with Gasteiger partial charge in [-0.15, -0.1) is 0 Å². The molecule has 2 rings (SSSR count). The van der Waals surface area contributed by atoms with Crippen molar-refractivity contribution in [3.8, 4) is 0 Å². The summed E-state index contributed by atoms with van der Waals surface area (Å²) < 4.78 is 0. The van der Waals surface area contributed by atoms with Gasteiger partial charge in [-0.3, -0.25) is 4.79 Å². The van der Waals surface area contributed by atoms with E-state index in [2.05, 4.69) is 24.4 Å². The third-order valence-electron chi connectivity index (χ3n) is 2.28. The van der Waals surface area contributed by atoms with Gasteiger partial charge in [0.25, 0.3) is 5.91 Å². The molecule has 1 amide bonds. The molecule has 0 unspecified atom stereocenters. The van der Waals surface area contributed by atoms with Crippen LogP contribution < -0.4 is 5.43 Å². The van der Waals surface area contributed by atoms with Gasteiger partial charge in [0.1, 0.15) is 11.5 Å². The first-order valence-corrected chi connectivity index (χ1v) is 4.56. The Morgan fingerprint density at radius 2 is 2.38 bits per heavy atom. The normalized spacial score (nSPS) is 21.2. The maximum absolute atomic E-state index is 11.3. The maximum atomic E-state index is 11.3. The number of hydrogen-bond donors (Lipinski definition) is 1. The van der Waals surface area contributed by atoms with Gasteiger partial charge in [0, 0.05) is 12.5 Å². The van der Waals surface area contributed by atoms with Crippen LogP contribution in [-0.2, 0) is 4.79 Å². The Morgan fingerprint density at radius 3 is 3.08 bits per heavy atom. The molecule has 70 valence electrons. The zero-order chi connectivity index (χ0) is 9.42. The van der Waals surface area contributed by atoms with Crippen molar-refractivity contribution < 1.29 is 4.79 Å². The van der Waals surface area contributed by atoms with E-state index in [4.69, 9.17) is 0 Å². The number of nitrogens with one attached hydrogen (secondary N) is 1. The van der Waals surface area contributed by atoms with E-state index in [-0.39, 0.29) is 5.91 Å². The standard InChI is InChI=1S/C9H13N3O/c1-6(2)8-10-11-9(13)7-4-3-5-12(7)8/h4,6H,3,5H2,1-2H3,(H,11,13). The predicted molar refractivity (Wildman–Crippen MR) is 49.8 cm³/mol. The van der Waals surface area contributed by atoms with Gasteiger partial charge in [0.2, 0.25) is 0 Å². The van der Waals surface area contributed by atoms with E-state index in [0.29, 0.717) is 5.92 Å². The molecule has 0 bridgehead atoms. The molecule has 2 aliphatic rings. The number of carbonyl (C=O) groups excluding carboxylic acids is 1. The summed E-state index contributed by atoms with van der Waals surface area (Å²) in [4.78, 5) is 13.3. The van der Waals surface area contributed by atoms with E-state index >= 15 is 0 Å². The third-order valence-corrected chi connectivity index (χ3v) is 2.28. The van der Waals surface area contributed by atoms with Gasteiger partial charge in [0.15, 0.2) is 0 Å². The van der Waals surface area contributed by atoms with Crippen molar-refractivity contribution in [3.63, 3.8) is 0 Å². The number of amidine groups is 1. The molecular weight excluding hydrogens is 166 g/mol. The summed E-state index contributed by atoms with van der Waals surface area (Å²) in [5.41, 5.74) is 3.29. The molecular formula is C9H13N3O. The molecule has 1 N–H and O–H groups in total. The maximum Gasteiger partial charge on any atom is 0.287 e. The van der Waals surface area contributed by atoms with E-state index in [1.165, 1.54) is 0 Å². The highest BCUT2D eigenvalue weighted by molar-refractivity contribution is 6.03. The van der Waals surface area contributed by atoms with Crippen molar-refractivity contribution in [1.29, 1.82) is 0 Å². The lowest BCUT2D eigenvalue weighted by atomic mass is 10.1. The molecule has 0 fully saturated rings. The largest absolute Gasteiger partial charge is 0.324 e. The third kappa shape index (κ3) is 1.22. The molecule has 2 aliphatic heterocycles. The molecule has 0 aromatic carbocycles. The number of rotatable bonds is 1. The van der Waals surface area contributed by atoms with Crippen LogP contribution >= 0.6 is 0 Å². The molecule has 0 atom stereocenters. The van der Waals surface area contributed by atoms with Crippen molar-refractivity contribution in [2.45, 2.75) is 20.3 Å². The zero-order valence-electron chi connectivity index (χ0n) is 7.87. The minimum Gasteiger partial charge on any atom is -0.324 e. The average molecular weight is 179 g/mol. The van der Waals surface area contributed by atoms with E-state index in [9.17, 15) is 4.79 Å². The highest BCUT2D eigenvalue weighted by atomic mass is 16.2. The fraction of sp³-hybridized carbons (Fsp3) is 0.556. The van der Waals surface area contributed by atoms with Gasteiger partial charge in [-0.2, -0.15) is 5.10 Å². The SMILES string of the molecule is CC(C)C1=NNC(=O)C2=CCCN21. The highest BCUT2D eigenvalue weighted by Crippen LogP contribution is 2.21. The molecule has 0 spiro atoms. The first kappa shape index (κ1) is 8.29. The Bertz CT molecular complexity index is 304. The molecule has 0 saturated carbocycles. The van der Waals surface area contributed by atoms with Crippen LogP contribution in [0.5, 0.6) is 0 Å². The quantitative estimate of drug-likeness (QED) is 0.643. The van der Waals surface area contributed by atoms with Crippen LogP contribution in [-0.4, -0.2) is 23.2 Å². The average Bonchev–Trinajstić information content (AvgIpc) is 2.53. The highest BCUT2D eigenvalue weighted by Gasteiger charge is 2.30. The first-order chi connectivity index (χ1) is 6.20. The topological polar surface area (TPSA) is 44.7 Å². The summed E-state index contributed by atoms with van der Waals surface area (Å²) in [5, 5.41) is 4.05. The van der Waals surface area contributed by atoms with Gasteiger partial charge in [0.05, 0.1) is 0 Å². The Labute approximate surface area is 77.3 Å². The summed E-state index contributed by atoms with van der Waals surface area (Å²) in [6.07, 6.45) is 2.90. The number of amides is 1. The molecule has 4 nitrogen and oxygen atoms in total. The molecule has 0 aromatic heterocycles. The van der Waals surface area contributed by atoms with Gasteiger partial charge in [-0.25, -0.2) is 5.43 Å². The van der Waals surface area contributed by atoms with Crippen LogP contribution in [0.4, 0.5) is 0 Å². The summed E-state index contributed by atoms with van der Waals surface area (Å²) in [7, 11) is 0. The van der Waals surface area contributed by atoms with Crippen molar-refractivity contribution in [1.82, 2.24) is 10.3 Å². The fourth-order valence-electron chi connectivity index (χ4n) is 1.68.